The van der Waals surface area contributed by atoms with Gasteiger partial charge in [-0.3, -0.25) is 14.2 Å². The Morgan fingerprint density at radius 2 is 1.97 bits per heavy atom. The smallest absolute Gasteiger partial charge is 0.284 e. The van der Waals surface area contributed by atoms with Crippen LogP contribution in [0.2, 0.25) is 0 Å². The Kier molecular flexibility index (Phi) is 5.02. The zero-order chi connectivity index (χ0) is 23.6. The molecular weight excluding hydrogens is 567 g/mol. The second kappa shape index (κ2) is 7.98. The Morgan fingerprint density at radius 3 is 2.74 bits per heavy atom. The van der Waals surface area contributed by atoms with Crippen LogP contribution >= 0.6 is 34.4 Å². The highest BCUT2D eigenvalue weighted by Crippen LogP contribution is 2.42. The van der Waals surface area contributed by atoms with Crippen LogP contribution in [0.4, 0.5) is 11.8 Å². The molecule has 1 aromatic carbocycles. The van der Waals surface area contributed by atoms with E-state index in [9.17, 15) is 9.59 Å². The molecule has 1 fully saturated rings. The monoisotopic (exact) mass is 586 g/mol. The first-order valence-electron chi connectivity index (χ1n) is 10.7. The normalized spacial score (nSPS) is 19.2. The Balaban J connectivity index is 1.46. The van der Waals surface area contributed by atoms with E-state index in [0.29, 0.717) is 40.8 Å². The first-order valence-corrected chi connectivity index (χ1v) is 12.6. The molecular formula is C22H19IN8O2S. The summed E-state index contributed by atoms with van der Waals surface area (Å²) in [6, 6.07) is 11.4. The number of aromatic nitrogens is 5. The van der Waals surface area contributed by atoms with Crippen molar-refractivity contribution in [3.05, 3.63) is 67.8 Å². The summed E-state index contributed by atoms with van der Waals surface area (Å²) in [6.45, 7) is 3.17. The number of rotatable bonds is 4. The van der Waals surface area contributed by atoms with Crippen LogP contribution in [0.3, 0.4) is 0 Å². The van der Waals surface area contributed by atoms with Gasteiger partial charge >= 0.3 is 0 Å². The molecule has 0 spiro atoms. The number of halogens is 1. The average Bonchev–Trinajstić information content (AvgIpc) is 3.38. The van der Waals surface area contributed by atoms with Gasteiger partial charge in [0.15, 0.2) is 5.16 Å². The number of benzene rings is 1. The van der Waals surface area contributed by atoms with Crippen molar-refractivity contribution >= 4 is 57.5 Å². The number of carbonyl (C=O) groups is 1. The maximum atomic E-state index is 13.6. The summed E-state index contributed by atoms with van der Waals surface area (Å²) in [6.07, 6.45) is 1.79. The minimum Gasteiger partial charge on any atom is -0.368 e. The topological polar surface area (TPSA) is 123 Å². The number of nitrogens with two attached hydrogens (primary N) is 1. The Bertz CT molecular complexity index is 1520. The van der Waals surface area contributed by atoms with Crippen LogP contribution in [0.25, 0.3) is 11.2 Å². The number of nitrogens with one attached hydrogen (secondary N) is 1. The lowest BCUT2D eigenvalue weighted by atomic mass is 10.0. The van der Waals surface area contributed by atoms with E-state index in [0.717, 1.165) is 9.26 Å². The van der Waals surface area contributed by atoms with E-state index >= 15 is 0 Å². The van der Waals surface area contributed by atoms with Gasteiger partial charge in [0, 0.05) is 22.2 Å². The number of carbonyl (C=O) groups excluding carboxylic acids is 1. The number of nitrogens with zero attached hydrogens (tertiary/aromatic N) is 6. The van der Waals surface area contributed by atoms with Crippen molar-refractivity contribution in [3.8, 4) is 5.69 Å². The van der Waals surface area contributed by atoms with Crippen LogP contribution in [-0.4, -0.2) is 42.0 Å². The van der Waals surface area contributed by atoms with Crippen molar-refractivity contribution in [2.75, 3.05) is 17.2 Å². The molecule has 10 nitrogen and oxygen atoms in total. The predicted molar refractivity (Wildman–Crippen MR) is 137 cm³/mol. The summed E-state index contributed by atoms with van der Waals surface area (Å²) in [4.78, 5) is 36.8. The lowest BCUT2D eigenvalue weighted by molar-refractivity contribution is 0.0965. The van der Waals surface area contributed by atoms with Crippen molar-refractivity contribution in [2.45, 2.75) is 24.0 Å². The van der Waals surface area contributed by atoms with Crippen LogP contribution < -0.4 is 21.5 Å². The lowest BCUT2D eigenvalue weighted by Crippen LogP contribution is -2.54. The van der Waals surface area contributed by atoms with Gasteiger partial charge in [0.2, 0.25) is 5.95 Å². The third-order valence-corrected chi connectivity index (χ3v) is 8.33. The van der Waals surface area contributed by atoms with E-state index in [1.165, 1.54) is 11.8 Å². The molecule has 0 radical (unpaired) electrons. The highest BCUT2D eigenvalue weighted by Gasteiger charge is 2.42. The Labute approximate surface area is 211 Å². The minimum atomic E-state index is -0.198. The van der Waals surface area contributed by atoms with Crippen molar-refractivity contribution in [1.82, 2.24) is 29.5 Å². The molecule has 34 heavy (non-hydrogen) atoms. The number of thioether (sulfide) groups is 1. The number of hydrogen-bond acceptors (Lipinski definition) is 8. The standard InChI is InChI=1S/C22H19IN8O2S/c1-11-10-29(17-15-14(9-25-18(15)32)26-21(24)27-17)20(11)34-22-28-30-8-7-13(23)16(30)19(33)31(22)12-5-3-2-4-6-12/h2-8,11,20H,9-10H2,1H3,(H,25,32)(H2,24,26,27)/t11-,20?/m0/s1. The van der Waals surface area contributed by atoms with Gasteiger partial charge < -0.3 is 16.0 Å². The molecule has 6 rings (SSSR count). The van der Waals surface area contributed by atoms with Gasteiger partial charge in [-0.15, -0.1) is 5.10 Å². The van der Waals surface area contributed by atoms with Gasteiger partial charge in [-0.2, -0.15) is 4.98 Å². The quantitative estimate of drug-likeness (QED) is 0.350. The molecule has 4 aromatic rings. The van der Waals surface area contributed by atoms with Gasteiger partial charge in [0.25, 0.3) is 11.5 Å². The Hall–Kier alpha value is -3.13. The molecule has 1 unspecified atom stereocenters. The van der Waals surface area contributed by atoms with Crippen molar-refractivity contribution in [1.29, 1.82) is 0 Å². The van der Waals surface area contributed by atoms with E-state index in [4.69, 9.17) is 10.8 Å². The van der Waals surface area contributed by atoms with Crippen molar-refractivity contribution in [2.24, 2.45) is 5.92 Å². The first kappa shape index (κ1) is 21.4. The van der Waals surface area contributed by atoms with E-state index in [1.54, 1.807) is 15.3 Å². The lowest BCUT2D eigenvalue weighted by Gasteiger charge is -2.47. The minimum absolute atomic E-state index is 0.0965. The Morgan fingerprint density at radius 1 is 1.18 bits per heavy atom. The van der Waals surface area contributed by atoms with E-state index in [2.05, 4.69) is 44.8 Å². The number of fused-ring (bicyclic) bond motifs is 2. The van der Waals surface area contributed by atoms with Gasteiger partial charge in [-0.25, -0.2) is 9.50 Å². The molecule has 5 heterocycles. The maximum Gasteiger partial charge on any atom is 0.284 e. The SMILES string of the molecule is C[C@H]1CN(c2nc(N)nc3c2C(=O)NC3)C1Sc1nn2ccc(I)c2c(=O)n1-c1ccccc1. The first-order chi connectivity index (χ1) is 16.4. The molecule has 3 aromatic heterocycles. The van der Waals surface area contributed by atoms with E-state index in [-0.39, 0.29) is 28.7 Å². The molecule has 3 N–H and O–H groups in total. The fraction of sp³-hybridized carbons (Fsp3) is 0.227. The van der Waals surface area contributed by atoms with Gasteiger partial charge in [0.05, 0.1) is 23.3 Å². The van der Waals surface area contributed by atoms with Gasteiger partial charge in [0.1, 0.15) is 16.9 Å². The molecule has 1 saturated heterocycles. The van der Waals surface area contributed by atoms with Crippen LogP contribution in [0, 0.1) is 9.49 Å². The number of anilines is 2. The highest BCUT2D eigenvalue weighted by molar-refractivity contribution is 14.1. The third-order valence-electron chi connectivity index (χ3n) is 6.02. The second-order valence-electron chi connectivity index (χ2n) is 8.26. The van der Waals surface area contributed by atoms with Crippen LogP contribution in [-0.2, 0) is 6.54 Å². The molecule has 12 heteroatoms. The number of nitrogen functional groups attached to an aromatic ring is 1. The fourth-order valence-electron chi connectivity index (χ4n) is 4.39. The molecule has 1 amide bonds. The molecule has 172 valence electrons. The molecule has 0 bridgehead atoms. The summed E-state index contributed by atoms with van der Waals surface area (Å²) in [5.41, 5.74) is 8.17. The summed E-state index contributed by atoms with van der Waals surface area (Å²) >= 11 is 3.63. The van der Waals surface area contributed by atoms with E-state index < -0.39 is 0 Å². The van der Waals surface area contributed by atoms with Crippen molar-refractivity contribution < 1.29 is 4.79 Å². The summed E-state index contributed by atoms with van der Waals surface area (Å²) < 4.78 is 4.12. The number of amides is 1. The summed E-state index contributed by atoms with van der Waals surface area (Å²) in [5, 5.41) is 8.06. The van der Waals surface area contributed by atoms with Crippen LogP contribution in [0.1, 0.15) is 23.0 Å². The highest BCUT2D eigenvalue weighted by atomic mass is 127. The zero-order valence-corrected chi connectivity index (χ0v) is 20.9. The van der Waals surface area contributed by atoms with Gasteiger partial charge in [-0.05, 0) is 40.8 Å². The van der Waals surface area contributed by atoms with Crippen molar-refractivity contribution in [3.63, 3.8) is 0 Å². The van der Waals surface area contributed by atoms with E-state index in [1.807, 2.05) is 41.3 Å². The fourth-order valence-corrected chi connectivity index (χ4v) is 6.31. The molecule has 2 atom stereocenters. The molecule has 0 aliphatic carbocycles. The summed E-state index contributed by atoms with van der Waals surface area (Å²) in [7, 11) is 0. The van der Waals surface area contributed by atoms with Crippen LogP contribution in [0.15, 0.2) is 52.5 Å². The predicted octanol–water partition coefficient (Wildman–Crippen LogP) is 2.28. The number of para-hydroxylation sites is 1. The largest absolute Gasteiger partial charge is 0.368 e. The third kappa shape index (κ3) is 3.27. The summed E-state index contributed by atoms with van der Waals surface area (Å²) in [5.74, 6) is 0.730. The molecule has 0 saturated carbocycles. The maximum absolute atomic E-state index is 13.6. The van der Waals surface area contributed by atoms with Gasteiger partial charge in [-0.1, -0.05) is 36.9 Å². The molecule has 2 aliphatic heterocycles. The second-order valence-corrected chi connectivity index (χ2v) is 10.5. The average molecular weight is 586 g/mol. The van der Waals surface area contributed by atoms with Crippen LogP contribution in [0.5, 0.6) is 0 Å². The number of hydrogen-bond donors (Lipinski definition) is 2. The zero-order valence-electron chi connectivity index (χ0n) is 18.0. The molecule has 2 aliphatic rings.